The Morgan fingerprint density at radius 1 is 1.44 bits per heavy atom. The Morgan fingerprint density at radius 3 is 3.11 bits per heavy atom. The van der Waals surface area contributed by atoms with Gasteiger partial charge in [-0.3, -0.25) is 0 Å². The molecule has 0 spiro atoms. The van der Waals surface area contributed by atoms with Crippen molar-refractivity contribution in [2.75, 3.05) is 13.1 Å². The first-order chi connectivity index (χ1) is 8.84. The van der Waals surface area contributed by atoms with Gasteiger partial charge in [0.2, 0.25) is 0 Å². The molecule has 0 bridgehead atoms. The van der Waals surface area contributed by atoms with Crippen LogP contribution in [-0.2, 0) is 5.41 Å². The normalized spacial score (nSPS) is 24.5. The second-order valence-electron chi connectivity index (χ2n) is 5.27. The molecule has 3 rings (SSSR count). The summed E-state index contributed by atoms with van der Waals surface area (Å²) in [7, 11) is 0. The molecule has 0 aromatic carbocycles. The largest absolute Gasteiger partial charge is 0.340 e. The van der Waals surface area contributed by atoms with Gasteiger partial charge in [0.15, 0.2) is 5.65 Å². The van der Waals surface area contributed by atoms with Crippen LogP contribution in [0.4, 0.5) is 0 Å². The molecule has 18 heavy (non-hydrogen) atoms. The summed E-state index contributed by atoms with van der Waals surface area (Å²) in [4.78, 5) is 12.5. The maximum absolute atomic E-state index is 4.72. The number of fused-ring (bicyclic) bond motifs is 1. The number of piperidine rings is 1. The fourth-order valence-electron chi connectivity index (χ4n) is 3.08. The van der Waals surface area contributed by atoms with E-state index in [1.54, 1.807) is 6.20 Å². The minimum absolute atomic E-state index is 0.174. The van der Waals surface area contributed by atoms with Crippen LogP contribution < -0.4 is 5.32 Å². The number of nitrogens with zero attached hydrogens (tertiary/aromatic N) is 2. The molecule has 0 radical (unpaired) electrons. The second-order valence-corrected chi connectivity index (χ2v) is 5.27. The summed E-state index contributed by atoms with van der Waals surface area (Å²) in [6.45, 7) is 4.40. The molecular formula is C14H20N4. The predicted octanol–water partition coefficient (Wildman–Crippen LogP) is 2.38. The summed E-state index contributed by atoms with van der Waals surface area (Å²) in [5.41, 5.74) is 2.07. The van der Waals surface area contributed by atoms with Gasteiger partial charge in [0.05, 0.1) is 5.52 Å². The summed E-state index contributed by atoms with van der Waals surface area (Å²) >= 11 is 0. The van der Waals surface area contributed by atoms with Crippen molar-refractivity contribution in [3.05, 3.63) is 24.2 Å². The summed E-state index contributed by atoms with van der Waals surface area (Å²) in [6.07, 6.45) is 6.61. The molecule has 2 aromatic rings. The van der Waals surface area contributed by atoms with E-state index in [0.29, 0.717) is 0 Å². The van der Waals surface area contributed by atoms with E-state index in [4.69, 9.17) is 4.98 Å². The third-order valence-corrected chi connectivity index (χ3v) is 3.96. The summed E-state index contributed by atoms with van der Waals surface area (Å²) in [5, 5.41) is 3.52. The number of nitrogens with one attached hydrogen (secondary N) is 2. The van der Waals surface area contributed by atoms with Crippen LogP contribution in [0.3, 0.4) is 0 Å². The molecule has 0 amide bonds. The number of H-pyrrole nitrogens is 1. The van der Waals surface area contributed by atoms with Crippen LogP contribution in [0, 0.1) is 0 Å². The maximum Gasteiger partial charge on any atom is 0.177 e. The molecule has 1 atom stereocenters. The van der Waals surface area contributed by atoms with Gasteiger partial charge in [0.1, 0.15) is 5.82 Å². The molecule has 0 aliphatic carbocycles. The average molecular weight is 244 g/mol. The van der Waals surface area contributed by atoms with E-state index in [2.05, 4.69) is 28.3 Å². The van der Waals surface area contributed by atoms with Gasteiger partial charge < -0.3 is 10.3 Å². The Balaban J connectivity index is 2.03. The Kier molecular flexibility index (Phi) is 3.04. The van der Waals surface area contributed by atoms with Crippen LogP contribution in [0.15, 0.2) is 18.3 Å². The molecule has 1 unspecified atom stereocenters. The number of hydrogen-bond donors (Lipinski definition) is 2. The second kappa shape index (κ2) is 4.69. The van der Waals surface area contributed by atoms with Crippen molar-refractivity contribution in [1.82, 2.24) is 20.3 Å². The lowest BCUT2D eigenvalue weighted by atomic mass is 9.76. The van der Waals surface area contributed by atoms with Crippen molar-refractivity contribution in [2.45, 2.75) is 38.0 Å². The maximum atomic E-state index is 4.72. The highest BCUT2D eigenvalue weighted by molar-refractivity contribution is 5.70. The Bertz CT molecular complexity index is 487. The molecule has 1 fully saturated rings. The first-order valence-electron chi connectivity index (χ1n) is 6.86. The topological polar surface area (TPSA) is 53.6 Å². The zero-order chi connectivity index (χ0) is 12.4. The van der Waals surface area contributed by atoms with Crippen molar-refractivity contribution >= 4 is 11.2 Å². The molecule has 96 valence electrons. The quantitative estimate of drug-likeness (QED) is 0.871. The monoisotopic (exact) mass is 244 g/mol. The van der Waals surface area contributed by atoms with Gasteiger partial charge in [-0.05, 0) is 37.9 Å². The lowest BCUT2D eigenvalue weighted by Gasteiger charge is -2.35. The van der Waals surface area contributed by atoms with E-state index in [0.717, 1.165) is 30.1 Å². The molecule has 3 heterocycles. The molecule has 4 heteroatoms. The molecule has 0 saturated carbocycles. The van der Waals surface area contributed by atoms with E-state index < -0.39 is 0 Å². The third-order valence-electron chi connectivity index (χ3n) is 3.96. The molecule has 1 aliphatic rings. The SMILES string of the molecule is CCCC1(c2nc3ncccc3[nH]2)CCCNC1. The van der Waals surface area contributed by atoms with Crippen molar-refractivity contribution in [1.29, 1.82) is 0 Å². The molecule has 2 N–H and O–H groups in total. The van der Waals surface area contributed by atoms with Gasteiger partial charge in [0.25, 0.3) is 0 Å². The van der Waals surface area contributed by atoms with Crippen molar-refractivity contribution in [3.8, 4) is 0 Å². The van der Waals surface area contributed by atoms with Crippen molar-refractivity contribution < 1.29 is 0 Å². The van der Waals surface area contributed by atoms with Crippen LogP contribution in [0.1, 0.15) is 38.4 Å². The third kappa shape index (κ3) is 1.90. The molecule has 2 aromatic heterocycles. The minimum atomic E-state index is 0.174. The predicted molar refractivity (Wildman–Crippen MR) is 72.6 cm³/mol. The van der Waals surface area contributed by atoms with Gasteiger partial charge in [0, 0.05) is 18.2 Å². The van der Waals surface area contributed by atoms with E-state index in [1.165, 1.54) is 25.7 Å². The van der Waals surface area contributed by atoms with Gasteiger partial charge in [-0.25, -0.2) is 9.97 Å². The molecular weight excluding hydrogens is 224 g/mol. The number of imidazole rings is 1. The van der Waals surface area contributed by atoms with Gasteiger partial charge in [-0.15, -0.1) is 0 Å². The summed E-state index contributed by atoms with van der Waals surface area (Å²) in [6, 6.07) is 4.00. The first kappa shape index (κ1) is 11.7. The van der Waals surface area contributed by atoms with Gasteiger partial charge >= 0.3 is 0 Å². The highest BCUT2D eigenvalue weighted by atomic mass is 15.0. The fourth-order valence-corrected chi connectivity index (χ4v) is 3.08. The number of aromatic amines is 1. The van der Waals surface area contributed by atoms with Crippen LogP contribution >= 0.6 is 0 Å². The highest BCUT2D eigenvalue weighted by Gasteiger charge is 2.35. The minimum Gasteiger partial charge on any atom is -0.340 e. The zero-order valence-electron chi connectivity index (χ0n) is 10.9. The standard InChI is InChI=1S/C14H20N4/c1-2-6-14(7-4-8-15-10-14)13-17-11-5-3-9-16-12(11)18-13/h3,5,9,15H,2,4,6-8,10H2,1H3,(H,16,17,18). The van der Waals surface area contributed by atoms with Crippen molar-refractivity contribution in [2.24, 2.45) is 0 Å². The molecule has 4 nitrogen and oxygen atoms in total. The van der Waals surface area contributed by atoms with E-state index in [9.17, 15) is 0 Å². The van der Waals surface area contributed by atoms with Gasteiger partial charge in [-0.2, -0.15) is 0 Å². The fraction of sp³-hybridized carbons (Fsp3) is 0.571. The first-order valence-corrected chi connectivity index (χ1v) is 6.86. The van der Waals surface area contributed by atoms with E-state index >= 15 is 0 Å². The van der Waals surface area contributed by atoms with Crippen LogP contribution in [-0.4, -0.2) is 28.0 Å². The average Bonchev–Trinajstić information content (AvgIpc) is 2.84. The zero-order valence-corrected chi connectivity index (χ0v) is 10.9. The number of aromatic nitrogens is 3. The number of rotatable bonds is 3. The molecule has 1 aliphatic heterocycles. The lowest BCUT2D eigenvalue weighted by Crippen LogP contribution is -2.44. The van der Waals surface area contributed by atoms with E-state index in [1.807, 2.05) is 6.07 Å². The van der Waals surface area contributed by atoms with Crippen molar-refractivity contribution in [3.63, 3.8) is 0 Å². The Labute approximate surface area is 107 Å². The number of hydrogen-bond acceptors (Lipinski definition) is 3. The van der Waals surface area contributed by atoms with Crippen LogP contribution in [0.5, 0.6) is 0 Å². The Hall–Kier alpha value is -1.42. The number of pyridine rings is 1. The van der Waals surface area contributed by atoms with Gasteiger partial charge in [-0.1, -0.05) is 13.3 Å². The summed E-state index contributed by atoms with van der Waals surface area (Å²) < 4.78 is 0. The van der Waals surface area contributed by atoms with Crippen LogP contribution in [0.25, 0.3) is 11.2 Å². The smallest absolute Gasteiger partial charge is 0.177 e. The van der Waals surface area contributed by atoms with Crippen LogP contribution in [0.2, 0.25) is 0 Å². The summed E-state index contributed by atoms with van der Waals surface area (Å²) in [5.74, 6) is 1.12. The highest BCUT2D eigenvalue weighted by Crippen LogP contribution is 2.34. The molecule has 1 saturated heterocycles. The van der Waals surface area contributed by atoms with E-state index in [-0.39, 0.29) is 5.41 Å². The Morgan fingerprint density at radius 2 is 2.39 bits per heavy atom. The lowest BCUT2D eigenvalue weighted by molar-refractivity contribution is 0.278.